The maximum Gasteiger partial charge on any atom is 0.273 e. The highest BCUT2D eigenvalue weighted by Crippen LogP contribution is 2.35. The quantitative estimate of drug-likeness (QED) is 0.529. The van der Waals surface area contributed by atoms with Gasteiger partial charge in [0.25, 0.3) is 11.6 Å². The first kappa shape index (κ1) is 14.4. The van der Waals surface area contributed by atoms with Gasteiger partial charge in [0.2, 0.25) is 0 Å². The summed E-state index contributed by atoms with van der Waals surface area (Å²) >= 11 is 2.32. The fraction of sp³-hybridized carbons (Fsp3) is 0. The van der Waals surface area contributed by atoms with Gasteiger partial charge in [0.05, 0.1) is 9.83 Å². The van der Waals surface area contributed by atoms with Crippen LogP contribution in [0.15, 0.2) is 40.7 Å². The van der Waals surface area contributed by atoms with E-state index in [4.69, 9.17) is 5.41 Å². The minimum absolute atomic E-state index is 0.00953. The first-order chi connectivity index (χ1) is 10.6. The maximum atomic E-state index is 12.3. The molecular weight excluding hydrogens is 324 g/mol. The fourth-order valence-electron chi connectivity index (χ4n) is 1.83. The Morgan fingerprint density at radius 1 is 1.32 bits per heavy atom. The Bertz CT molecular complexity index is 784. The van der Waals surface area contributed by atoms with Crippen molar-refractivity contribution in [2.45, 2.75) is 0 Å². The number of hydrogen-bond acceptors (Lipinski definition) is 7. The van der Waals surface area contributed by atoms with Gasteiger partial charge in [-0.05, 0) is 35.5 Å². The molecule has 110 valence electrons. The number of hydrogen-bond donors (Lipinski definition) is 1. The van der Waals surface area contributed by atoms with Gasteiger partial charge in [-0.2, -0.15) is 0 Å². The molecule has 7 nitrogen and oxygen atoms in total. The molecule has 9 heteroatoms. The third-order valence-corrected chi connectivity index (χ3v) is 4.48. The molecule has 0 atom stereocenters. The van der Waals surface area contributed by atoms with E-state index in [1.807, 2.05) is 0 Å². The molecule has 3 rings (SSSR count). The Balaban J connectivity index is 1.88. The number of nitrogens with zero attached hydrogens (tertiary/aromatic N) is 3. The van der Waals surface area contributed by atoms with E-state index in [1.165, 1.54) is 28.4 Å². The van der Waals surface area contributed by atoms with Crippen LogP contribution in [0.1, 0.15) is 5.56 Å². The molecule has 0 saturated carbocycles. The van der Waals surface area contributed by atoms with Crippen molar-refractivity contribution < 1.29 is 9.72 Å². The van der Waals surface area contributed by atoms with E-state index < -0.39 is 4.92 Å². The smallest absolute Gasteiger partial charge is 0.273 e. The Hall–Kier alpha value is -2.52. The average molecular weight is 332 g/mol. The molecule has 2 aromatic rings. The van der Waals surface area contributed by atoms with E-state index in [0.29, 0.717) is 15.6 Å². The van der Waals surface area contributed by atoms with Gasteiger partial charge in [-0.1, -0.05) is 0 Å². The summed E-state index contributed by atoms with van der Waals surface area (Å²) in [6.45, 7) is 0. The second-order valence-corrected chi connectivity index (χ2v) is 6.12. The molecule has 1 saturated heterocycles. The van der Waals surface area contributed by atoms with Crippen LogP contribution in [0.5, 0.6) is 0 Å². The number of amides is 1. The van der Waals surface area contributed by atoms with Crippen molar-refractivity contribution in [2.75, 3.05) is 4.90 Å². The van der Waals surface area contributed by atoms with Gasteiger partial charge in [0.1, 0.15) is 0 Å². The number of thiazole rings is 1. The Morgan fingerprint density at radius 3 is 2.64 bits per heavy atom. The number of nitro groups is 1. The Morgan fingerprint density at radius 2 is 2.05 bits per heavy atom. The van der Waals surface area contributed by atoms with Crippen LogP contribution in [0.2, 0.25) is 0 Å². The lowest BCUT2D eigenvalue weighted by atomic mass is 10.2. The van der Waals surface area contributed by atoms with Crippen LogP contribution in [0.4, 0.5) is 10.8 Å². The number of thioether (sulfide) groups is 1. The number of benzene rings is 1. The van der Waals surface area contributed by atoms with Crippen molar-refractivity contribution in [3.8, 4) is 0 Å². The minimum atomic E-state index is -0.480. The van der Waals surface area contributed by atoms with Crippen LogP contribution in [0, 0.1) is 15.5 Å². The topological polar surface area (TPSA) is 100 Å². The molecule has 1 fully saturated rings. The molecule has 2 heterocycles. The summed E-state index contributed by atoms with van der Waals surface area (Å²) in [5.74, 6) is -0.316. The Labute approximate surface area is 132 Å². The molecular formula is C13H8N4O3S2. The van der Waals surface area contributed by atoms with E-state index in [2.05, 4.69) is 4.98 Å². The molecule has 1 amide bonds. The molecule has 1 aliphatic heterocycles. The molecule has 1 aromatic heterocycles. The monoisotopic (exact) mass is 332 g/mol. The lowest BCUT2D eigenvalue weighted by Gasteiger charge is -2.08. The fourth-order valence-corrected chi connectivity index (χ4v) is 3.38. The van der Waals surface area contributed by atoms with Gasteiger partial charge in [-0.25, -0.2) is 9.88 Å². The molecule has 0 unspecified atom stereocenters. The highest BCUT2D eigenvalue weighted by Gasteiger charge is 2.34. The number of rotatable bonds is 3. The first-order valence-electron chi connectivity index (χ1n) is 6.03. The second kappa shape index (κ2) is 5.70. The van der Waals surface area contributed by atoms with Crippen LogP contribution in [-0.4, -0.2) is 21.0 Å². The van der Waals surface area contributed by atoms with Crippen molar-refractivity contribution in [2.24, 2.45) is 0 Å². The van der Waals surface area contributed by atoms with E-state index >= 15 is 0 Å². The van der Waals surface area contributed by atoms with Crippen LogP contribution in [0.25, 0.3) is 6.08 Å². The summed E-state index contributed by atoms with van der Waals surface area (Å²) in [4.78, 5) is 28.2. The van der Waals surface area contributed by atoms with Crippen molar-refractivity contribution in [1.29, 1.82) is 5.41 Å². The minimum Gasteiger partial charge on any atom is -0.278 e. The first-order valence-corrected chi connectivity index (χ1v) is 7.72. The van der Waals surface area contributed by atoms with E-state index in [0.717, 1.165) is 11.8 Å². The maximum absolute atomic E-state index is 12.3. The van der Waals surface area contributed by atoms with Crippen molar-refractivity contribution >= 4 is 51.1 Å². The third kappa shape index (κ3) is 2.63. The van der Waals surface area contributed by atoms with Gasteiger partial charge in [-0.15, -0.1) is 11.3 Å². The summed E-state index contributed by atoms with van der Waals surface area (Å²) < 4.78 is 0. The molecule has 0 bridgehead atoms. The Kier molecular flexibility index (Phi) is 3.73. The highest BCUT2D eigenvalue weighted by atomic mass is 32.2. The third-order valence-electron chi connectivity index (χ3n) is 2.84. The summed E-state index contributed by atoms with van der Waals surface area (Å²) in [7, 11) is 0. The molecule has 0 aliphatic carbocycles. The molecule has 1 aromatic carbocycles. The van der Waals surface area contributed by atoms with Gasteiger partial charge in [-0.3, -0.25) is 20.3 Å². The van der Waals surface area contributed by atoms with Gasteiger partial charge in [0, 0.05) is 23.7 Å². The molecule has 1 N–H and O–H groups in total. The zero-order valence-corrected chi connectivity index (χ0v) is 12.6. The number of nitro benzene ring substituents is 1. The molecule has 22 heavy (non-hydrogen) atoms. The SMILES string of the molecule is N=C1S/C(=C\c2ccc([N+](=O)[O-])cc2)C(=O)N1c1nccs1. The normalized spacial score (nSPS) is 16.5. The predicted molar refractivity (Wildman–Crippen MR) is 86.0 cm³/mol. The molecule has 1 aliphatic rings. The van der Waals surface area contributed by atoms with Crippen LogP contribution in [-0.2, 0) is 4.79 Å². The van der Waals surface area contributed by atoms with E-state index in [9.17, 15) is 14.9 Å². The van der Waals surface area contributed by atoms with E-state index in [1.54, 1.807) is 29.8 Å². The largest absolute Gasteiger partial charge is 0.278 e. The molecule has 0 radical (unpaired) electrons. The lowest BCUT2D eigenvalue weighted by Crippen LogP contribution is -2.27. The number of amidine groups is 1. The van der Waals surface area contributed by atoms with Crippen molar-refractivity contribution in [3.05, 3.63) is 56.4 Å². The van der Waals surface area contributed by atoms with Crippen molar-refractivity contribution in [1.82, 2.24) is 4.98 Å². The zero-order valence-electron chi connectivity index (χ0n) is 10.9. The van der Waals surface area contributed by atoms with E-state index in [-0.39, 0.29) is 16.8 Å². The second-order valence-electron chi connectivity index (χ2n) is 4.22. The summed E-state index contributed by atoms with van der Waals surface area (Å²) in [5, 5.41) is 20.8. The lowest BCUT2D eigenvalue weighted by molar-refractivity contribution is -0.384. The number of anilines is 1. The zero-order chi connectivity index (χ0) is 15.7. The number of carbonyl (C=O) groups is 1. The van der Waals surface area contributed by atoms with Crippen LogP contribution < -0.4 is 4.90 Å². The number of aromatic nitrogens is 1. The highest BCUT2D eigenvalue weighted by molar-refractivity contribution is 8.19. The summed E-state index contributed by atoms with van der Waals surface area (Å²) in [5.41, 5.74) is 0.653. The number of nitrogens with one attached hydrogen (secondary N) is 1. The standard InChI is InChI=1S/C13H8N4O3S2/c14-12-16(13-15-5-6-21-13)11(18)10(22-12)7-8-1-3-9(4-2-8)17(19)20/h1-7,14H/b10-7-,14-12?. The van der Waals surface area contributed by atoms with Gasteiger partial charge < -0.3 is 0 Å². The van der Waals surface area contributed by atoms with Crippen molar-refractivity contribution in [3.63, 3.8) is 0 Å². The van der Waals surface area contributed by atoms with Crippen LogP contribution >= 0.6 is 23.1 Å². The summed E-state index contributed by atoms with van der Waals surface area (Å²) in [6, 6.07) is 5.88. The summed E-state index contributed by atoms with van der Waals surface area (Å²) in [6.07, 6.45) is 3.18. The molecule has 0 spiro atoms. The van der Waals surface area contributed by atoms with Crippen LogP contribution in [0.3, 0.4) is 0 Å². The average Bonchev–Trinajstić information content (AvgIpc) is 3.09. The van der Waals surface area contributed by atoms with Gasteiger partial charge in [0.15, 0.2) is 10.3 Å². The number of carbonyl (C=O) groups excluding carboxylic acids is 1. The number of non-ortho nitro benzene ring substituents is 1. The predicted octanol–water partition coefficient (Wildman–Crippen LogP) is 3.11. The van der Waals surface area contributed by atoms with Gasteiger partial charge >= 0.3 is 0 Å².